The monoisotopic (exact) mass is 387 g/mol. The average molecular weight is 388 g/mol. The fraction of sp³-hybridized carbons (Fsp3) is 0.200. The van der Waals surface area contributed by atoms with Gasteiger partial charge in [0, 0.05) is 19.4 Å². The van der Waals surface area contributed by atoms with Gasteiger partial charge in [-0.05, 0) is 46.7 Å². The summed E-state index contributed by atoms with van der Waals surface area (Å²) in [5.41, 5.74) is 1.01. The van der Waals surface area contributed by atoms with Crippen LogP contribution in [-0.4, -0.2) is 18.8 Å². The van der Waals surface area contributed by atoms with Crippen molar-refractivity contribution in [3.63, 3.8) is 0 Å². The Balaban J connectivity index is 1.52. The molecule has 0 radical (unpaired) electrons. The average Bonchev–Trinajstić information content (AvgIpc) is 3.10. The van der Waals surface area contributed by atoms with E-state index in [2.05, 4.69) is 5.32 Å². The van der Waals surface area contributed by atoms with Crippen LogP contribution in [0.3, 0.4) is 0 Å². The van der Waals surface area contributed by atoms with Crippen molar-refractivity contribution in [1.82, 2.24) is 5.32 Å². The fourth-order valence-corrected chi connectivity index (χ4v) is 3.62. The molecule has 2 aromatic carbocycles. The maximum Gasteiger partial charge on any atom is 0.220 e. The Hall–Kier alpha value is -2.37. The molecular weight excluding hydrogens is 370 g/mol. The topological polar surface area (TPSA) is 55.4 Å². The maximum atomic E-state index is 12.0. The lowest BCUT2D eigenvalue weighted by Crippen LogP contribution is -2.23. The number of Topliss-reactive ketones (excluding diaryl/α,β-unsaturated/α-hetero) is 1. The van der Waals surface area contributed by atoms with E-state index in [0.717, 1.165) is 22.1 Å². The first-order chi connectivity index (χ1) is 12.5. The first kappa shape index (κ1) is 18.4. The van der Waals surface area contributed by atoms with Crippen LogP contribution in [0.15, 0.2) is 48.5 Å². The van der Waals surface area contributed by atoms with Gasteiger partial charge in [-0.2, -0.15) is 0 Å². The number of nitrogens with one attached hydrogen (secondary N) is 1. The van der Waals surface area contributed by atoms with Crippen LogP contribution in [0.5, 0.6) is 5.75 Å². The highest BCUT2D eigenvalue weighted by atomic mass is 35.5. The molecule has 134 valence electrons. The normalized spacial score (nSPS) is 10.7. The van der Waals surface area contributed by atoms with Crippen LogP contribution in [0.2, 0.25) is 4.34 Å². The lowest BCUT2D eigenvalue weighted by molar-refractivity contribution is -0.121. The Bertz CT molecular complexity index is 951. The number of thiophene rings is 1. The van der Waals surface area contributed by atoms with E-state index in [0.29, 0.717) is 15.8 Å². The van der Waals surface area contributed by atoms with Crippen molar-refractivity contribution in [2.24, 2.45) is 0 Å². The number of carbonyl (C=O) groups excluding carboxylic acids is 2. The van der Waals surface area contributed by atoms with Crippen LogP contribution in [-0.2, 0) is 11.3 Å². The number of ketones is 1. The van der Waals surface area contributed by atoms with E-state index < -0.39 is 0 Å². The summed E-state index contributed by atoms with van der Waals surface area (Å²) in [5.74, 6) is 0.614. The minimum absolute atomic E-state index is 0.0586. The van der Waals surface area contributed by atoms with Gasteiger partial charge in [0.25, 0.3) is 0 Å². The van der Waals surface area contributed by atoms with Gasteiger partial charge in [0.2, 0.25) is 5.91 Å². The Kier molecular flexibility index (Phi) is 5.91. The predicted molar refractivity (Wildman–Crippen MR) is 105 cm³/mol. The molecule has 0 aliphatic rings. The molecule has 3 aromatic rings. The molecule has 1 N–H and O–H groups in total. The molecule has 1 aromatic heterocycles. The standard InChI is InChI=1S/C20H18ClNO3S/c1-25-16-5-4-14-10-13(2-3-15(14)11-16)12-22-20(24)9-6-17(23)18-7-8-19(21)26-18/h2-5,7-8,10-11H,6,9,12H2,1H3,(H,22,24). The second kappa shape index (κ2) is 8.34. The highest BCUT2D eigenvalue weighted by molar-refractivity contribution is 7.18. The molecule has 0 spiro atoms. The Morgan fingerprint density at radius 2 is 1.81 bits per heavy atom. The van der Waals surface area contributed by atoms with Crippen LogP contribution in [0.4, 0.5) is 0 Å². The predicted octanol–water partition coefficient (Wildman–Crippen LogP) is 4.84. The van der Waals surface area contributed by atoms with E-state index >= 15 is 0 Å². The van der Waals surface area contributed by atoms with E-state index in [9.17, 15) is 9.59 Å². The van der Waals surface area contributed by atoms with Crippen molar-refractivity contribution in [1.29, 1.82) is 0 Å². The number of hydrogen-bond acceptors (Lipinski definition) is 4. The third kappa shape index (κ3) is 4.62. The van der Waals surface area contributed by atoms with E-state index in [4.69, 9.17) is 16.3 Å². The number of hydrogen-bond donors (Lipinski definition) is 1. The van der Waals surface area contributed by atoms with Crippen molar-refractivity contribution in [2.45, 2.75) is 19.4 Å². The molecule has 0 atom stereocenters. The molecular formula is C20H18ClNO3S. The first-order valence-corrected chi connectivity index (χ1v) is 9.36. The molecule has 4 nitrogen and oxygen atoms in total. The summed E-state index contributed by atoms with van der Waals surface area (Å²) in [5, 5.41) is 5.03. The number of ether oxygens (including phenoxy) is 1. The zero-order valence-electron chi connectivity index (χ0n) is 14.3. The van der Waals surface area contributed by atoms with Crippen molar-refractivity contribution in [3.8, 4) is 5.75 Å². The van der Waals surface area contributed by atoms with Crippen LogP contribution < -0.4 is 10.1 Å². The lowest BCUT2D eigenvalue weighted by Gasteiger charge is -2.07. The SMILES string of the molecule is COc1ccc2cc(CNC(=O)CCC(=O)c3ccc(Cl)s3)ccc2c1. The number of amides is 1. The fourth-order valence-electron chi connectivity index (χ4n) is 2.61. The Labute approximate surface area is 160 Å². The number of halogens is 1. The third-order valence-electron chi connectivity index (χ3n) is 4.03. The summed E-state index contributed by atoms with van der Waals surface area (Å²) >= 11 is 7.06. The molecule has 0 saturated carbocycles. The summed E-state index contributed by atoms with van der Waals surface area (Å²) in [6.07, 6.45) is 0.347. The highest BCUT2D eigenvalue weighted by Gasteiger charge is 2.11. The minimum Gasteiger partial charge on any atom is -0.497 e. The lowest BCUT2D eigenvalue weighted by atomic mass is 10.1. The summed E-state index contributed by atoms with van der Waals surface area (Å²) in [4.78, 5) is 24.6. The number of benzene rings is 2. The van der Waals surface area contributed by atoms with Crippen LogP contribution in [0.1, 0.15) is 28.1 Å². The summed E-state index contributed by atoms with van der Waals surface area (Å²) in [6.45, 7) is 0.430. The van der Waals surface area contributed by atoms with Gasteiger partial charge in [0.15, 0.2) is 5.78 Å². The van der Waals surface area contributed by atoms with Crippen molar-refractivity contribution in [2.75, 3.05) is 7.11 Å². The molecule has 0 saturated heterocycles. The van der Waals surface area contributed by atoms with Gasteiger partial charge >= 0.3 is 0 Å². The van der Waals surface area contributed by atoms with Gasteiger partial charge in [-0.25, -0.2) is 0 Å². The second-order valence-corrected chi connectivity index (χ2v) is 7.57. The molecule has 0 aliphatic heterocycles. The quantitative estimate of drug-likeness (QED) is 0.590. The zero-order chi connectivity index (χ0) is 18.5. The van der Waals surface area contributed by atoms with E-state index in [-0.39, 0.29) is 24.5 Å². The van der Waals surface area contributed by atoms with Crippen LogP contribution in [0.25, 0.3) is 10.8 Å². The number of fused-ring (bicyclic) bond motifs is 1. The first-order valence-electron chi connectivity index (χ1n) is 8.17. The van der Waals surface area contributed by atoms with E-state index in [1.54, 1.807) is 19.2 Å². The van der Waals surface area contributed by atoms with Gasteiger partial charge < -0.3 is 10.1 Å². The number of carbonyl (C=O) groups is 2. The molecule has 1 heterocycles. The molecule has 0 bridgehead atoms. The molecule has 3 rings (SSSR count). The second-order valence-electron chi connectivity index (χ2n) is 5.85. The maximum absolute atomic E-state index is 12.0. The molecule has 0 aliphatic carbocycles. The highest BCUT2D eigenvalue weighted by Crippen LogP contribution is 2.23. The van der Waals surface area contributed by atoms with Gasteiger partial charge in [-0.3, -0.25) is 9.59 Å². The van der Waals surface area contributed by atoms with Crippen LogP contribution >= 0.6 is 22.9 Å². The summed E-state index contributed by atoms with van der Waals surface area (Å²) in [7, 11) is 1.64. The van der Waals surface area contributed by atoms with E-state index in [1.165, 1.54) is 11.3 Å². The molecule has 1 amide bonds. The zero-order valence-corrected chi connectivity index (χ0v) is 15.8. The minimum atomic E-state index is -0.143. The van der Waals surface area contributed by atoms with Crippen molar-refractivity contribution in [3.05, 3.63) is 63.3 Å². The summed E-state index contributed by atoms with van der Waals surface area (Å²) < 4.78 is 5.80. The van der Waals surface area contributed by atoms with Crippen LogP contribution in [0, 0.1) is 0 Å². The molecule has 26 heavy (non-hydrogen) atoms. The Morgan fingerprint density at radius 3 is 2.54 bits per heavy atom. The van der Waals surface area contributed by atoms with E-state index in [1.807, 2.05) is 36.4 Å². The molecule has 6 heteroatoms. The molecule has 0 fully saturated rings. The largest absolute Gasteiger partial charge is 0.497 e. The van der Waals surface area contributed by atoms with Gasteiger partial charge in [-0.15, -0.1) is 11.3 Å². The Morgan fingerprint density at radius 1 is 1.04 bits per heavy atom. The van der Waals surface area contributed by atoms with Crippen molar-refractivity contribution >= 4 is 45.4 Å². The van der Waals surface area contributed by atoms with Gasteiger partial charge in [0.1, 0.15) is 5.75 Å². The van der Waals surface area contributed by atoms with Crippen molar-refractivity contribution < 1.29 is 14.3 Å². The summed E-state index contributed by atoms with van der Waals surface area (Å²) in [6, 6.07) is 15.3. The third-order valence-corrected chi connectivity index (χ3v) is 5.30. The number of rotatable bonds is 7. The number of methoxy groups -OCH3 is 1. The van der Waals surface area contributed by atoms with Gasteiger partial charge in [0.05, 0.1) is 16.3 Å². The smallest absolute Gasteiger partial charge is 0.220 e. The van der Waals surface area contributed by atoms with Gasteiger partial charge in [-0.1, -0.05) is 29.8 Å². The molecule has 0 unspecified atom stereocenters.